The predicted molar refractivity (Wildman–Crippen MR) is 51.6 cm³/mol. The van der Waals surface area contributed by atoms with Gasteiger partial charge >= 0.3 is 7.60 Å². The van der Waals surface area contributed by atoms with Crippen molar-refractivity contribution in [3.8, 4) is 0 Å². The standard InChI is InChI=1S/C3H6N2.C3H8NO3P/c1-2-5-3-4-1;1-2-3(4)8(5,6)7/h3H,1-2H2,(H,4,5);2-3H,1,4H2,(H2,5,6,7). The average molecular weight is 207 g/mol. The van der Waals surface area contributed by atoms with Crippen molar-refractivity contribution in [1.29, 1.82) is 0 Å². The van der Waals surface area contributed by atoms with Crippen LogP contribution >= 0.6 is 7.60 Å². The lowest BCUT2D eigenvalue weighted by molar-refractivity contribution is 0.365. The van der Waals surface area contributed by atoms with Crippen LogP contribution in [-0.2, 0) is 4.57 Å². The van der Waals surface area contributed by atoms with E-state index < -0.39 is 13.4 Å². The van der Waals surface area contributed by atoms with Crippen molar-refractivity contribution in [3.63, 3.8) is 0 Å². The summed E-state index contributed by atoms with van der Waals surface area (Å²) in [4.78, 5) is 20.2. The molecule has 0 aromatic rings. The maximum absolute atomic E-state index is 10.1. The Balaban J connectivity index is 0.000000243. The van der Waals surface area contributed by atoms with Gasteiger partial charge in [-0.15, -0.1) is 6.58 Å². The highest BCUT2D eigenvalue weighted by molar-refractivity contribution is 7.52. The molecule has 0 spiro atoms. The number of aliphatic imine (C=N–C) groups is 1. The smallest absolute Gasteiger partial charge is 0.345 e. The SMILES string of the molecule is C1=NCCN1.C=CC(N)P(=O)(O)O. The van der Waals surface area contributed by atoms with E-state index in [0.29, 0.717) is 0 Å². The third kappa shape index (κ3) is 6.48. The van der Waals surface area contributed by atoms with Gasteiger partial charge in [-0.1, -0.05) is 6.08 Å². The van der Waals surface area contributed by atoms with E-state index in [1.54, 1.807) is 6.34 Å². The van der Waals surface area contributed by atoms with E-state index >= 15 is 0 Å². The van der Waals surface area contributed by atoms with Gasteiger partial charge in [0.15, 0.2) is 0 Å². The minimum Gasteiger partial charge on any atom is -0.375 e. The van der Waals surface area contributed by atoms with Crippen LogP contribution in [0.15, 0.2) is 17.6 Å². The lowest BCUT2D eigenvalue weighted by Crippen LogP contribution is -2.15. The maximum atomic E-state index is 10.1. The van der Waals surface area contributed by atoms with Crippen molar-refractivity contribution in [1.82, 2.24) is 5.32 Å². The first-order valence-electron chi connectivity index (χ1n) is 3.63. The quantitative estimate of drug-likeness (QED) is 0.352. The van der Waals surface area contributed by atoms with E-state index in [2.05, 4.69) is 16.9 Å². The number of nitrogens with zero attached hydrogens (tertiary/aromatic N) is 1. The normalized spacial score (nSPS) is 16.8. The third-order valence-corrected chi connectivity index (χ3v) is 2.19. The Morgan fingerprint density at radius 2 is 2.38 bits per heavy atom. The highest BCUT2D eigenvalue weighted by Crippen LogP contribution is 2.38. The lowest BCUT2D eigenvalue weighted by atomic mass is 10.7. The van der Waals surface area contributed by atoms with Crippen LogP contribution in [0, 0.1) is 0 Å². The summed E-state index contributed by atoms with van der Waals surface area (Å²) in [5.74, 6) is -1.22. The van der Waals surface area contributed by atoms with E-state index in [1.807, 2.05) is 0 Å². The molecule has 0 aromatic heterocycles. The van der Waals surface area contributed by atoms with E-state index in [9.17, 15) is 4.57 Å². The summed E-state index contributed by atoms with van der Waals surface area (Å²) in [7, 11) is -4.10. The molecule has 0 fully saturated rings. The van der Waals surface area contributed by atoms with Crippen LogP contribution in [-0.4, -0.2) is 35.0 Å². The Bertz CT molecular complexity index is 219. The zero-order chi connectivity index (χ0) is 10.3. The van der Waals surface area contributed by atoms with E-state index in [1.165, 1.54) is 0 Å². The second-order valence-corrected chi connectivity index (χ2v) is 4.08. The lowest BCUT2D eigenvalue weighted by Gasteiger charge is -2.05. The van der Waals surface area contributed by atoms with Crippen molar-refractivity contribution in [3.05, 3.63) is 12.7 Å². The molecule has 6 nitrogen and oxygen atoms in total. The number of rotatable bonds is 2. The Labute approximate surface area is 76.7 Å². The molecule has 0 aliphatic carbocycles. The molecular formula is C6H14N3O3P. The van der Waals surface area contributed by atoms with Crippen molar-refractivity contribution >= 4 is 13.9 Å². The molecule has 1 unspecified atom stereocenters. The summed E-state index contributed by atoms with van der Waals surface area (Å²) in [5, 5.41) is 2.93. The number of nitrogens with one attached hydrogen (secondary N) is 1. The molecule has 0 saturated carbocycles. The van der Waals surface area contributed by atoms with Gasteiger partial charge in [0, 0.05) is 6.54 Å². The van der Waals surface area contributed by atoms with Crippen LogP contribution in [0.3, 0.4) is 0 Å². The van der Waals surface area contributed by atoms with Gasteiger partial charge in [0.2, 0.25) is 0 Å². The second kappa shape index (κ2) is 5.88. The Kier molecular flexibility index (Phi) is 5.57. The highest BCUT2D eigenvalue weighted by Gasteiger charge is 2.20. The number of hydrogen-bond acceptors (Lipinski definition) is 4. The molecule has 13 heavy (non-hydrogen) atoms. The predicted octanol–water partition coefficient (Wildman–Crippen LogP) is -0.747. The highest BCUT2D eigenvalue weighted by atomic mass is 31.2. The van der Waals surface area contributed by atoms with Gasteiger partial charge < -0.3 is 20.8 Å². The molecule has 7 heteroatoms. The topological polar surface area (TPSA) is 108 Å². The molecular weight excluding hydrogens is 193 g/mol. The molecule has 1 rings (SSSR count). The fourth-order valence-electron chi connectivity index (χ4n) is 0.460. The monoisotopic (exact) mass is 207 g/mol. The van der Waals surface area contributed by atoms with Gasteiger partial charge in [0.25, 0.3) is 0 Å². The van der Waals surface area contributed by atoms with Crippen molar-refractivity contribution in [2.75, 3.05) is 13.1 Å². The molecule has 76 valence electrons. The molecule has 0 saturated heterocycles. The minimum atomic E-state index is -4.10. The molecule has 0 bridgehead atoms. The Morgan fingerprint density at radius 3 is 2.46 bits per heavy atom. The van der Waals surface area contributed by atoms with Gasteiger partial charge in [-0.25, -0.2) is 0 Å². The van der Waals surface area contributed by atoms with Gasteiger partial charge in [-0.05, 0) is 0 Å². The molecule has 1 aliphatic heterocycles. The van der Waals surface area contributed by atoms with E-state index in [0.717, 1.165) is 19.2 Å². The molecule has 0 amide bonds. The number of hydrogen-bond donors (Lipinski definition) is 4. The van der Waals surface area contributed by atoms with E-state index in [4.69, 9.17) is 15.5 Å². The number of nitrogens with two attached hydrogens (primary N) is 1. The van der Waals surface area contributed by atoms with Crippen LogP contribution in [0.4, 0.5) is 0 Å². The zero-order valence-corrected chi connectivity index (χ0v) is 8.02. The second-order valence-electron chi connectivity index (χ2n) is 2.30. The molecule has 1 atom stereocenters. The van der Waals surface area contributed by atoms with Gasteiger partial charge in [0.1, 0.15) is 5.78 Å². The fraction of sp³-hybridized carbons (Fsp3) is 0.500. The first-order valence-corrected chi connectivity index (χ1v) is 5.31. The molecule has 1 heterocycles. The Morgan fingerprint density at radius 1 is 1.77 bits per heavy atom. The molecule has 1 aliphatic rings. The van der Waals surface area contributed by atoms with Crippen LogP contribution in [0.1, 0.15) is 0 Å². The van der Waals surface area contributed by atoms with Crippen molar-refractivity contribution < 1.29 is 14.4 Å². The van der Waals surface area contributed by atoms with Gasteiger partial charge in [0.05, 0.1) is 12.9 Å². The van der Waals surface area contributed by atoms with Gasteiger partial charge in [-0.2, -0.15) is 0 Å². The fourth-order valence-corrected chi connectivity index (χ4v) is 0.735. The summed E-state index contributed by atoms with van der Waals surface area (Å²) in [6.45, 7) is 5.10. The van der Waals surface area contributed by atoms with Gasteiger partial charge in [-0.3, -0.25) is 9.56 Å². The zero-order valence-electron chi connectivity index (χ0n) is 7.13. The summed E-state index contributed by atoms with van der Waals surface area (Å²) in [5.41, 5.74) is 4.87. The summed E-state index contributed by atoms with van der Waals surface area (Å²) >= 11 is 0. The minimum absolute atomic E-state index is 0.958. The van der Waals surface area contributed by atoms with Crippen LogP contribution in [0.25, 0.3) is 0 Å². The largest absolute Gasteiger partial charge is 0.375 e. The van der Waals surface area contributed by atoms with Crippen LogP contribution in [0.5, 0.6) is 0 Å². The summed E-state index contributed by atoms with van der Waals surface area (Å²) in [6.07, 6.45) is 2.75. The van der Waals surface area contributed by atoms with Crippen molar-refractivity contribution in [2.45, 2.75) is 5.78 Å². The van der Waals surface area contributed by atoms with E-state index in [-0.39, 0.29) is 0 Å². The van der Waals surface area contributed by atoms with Crippen LogP contribution < -0.4 is 11.1 Å². The maximum Gasteiger partial charge on any atom is 0.345 e. The summed E-state index contributed by atoms with van der Waals surface area (Å²) < 4.78 is 10.1. The Hall–Kier alpha value is -0.680. The molecule has 0 aromatic carbocycles. The molecule has 0 radical (unpaired) electrons. The average Bonchev–Trinajstić information content (AvgIpc) is 2.58. The summed E-state index contributed by atoms with van der Waals surface area (Å²) in [6, 6.07) is 0. The van der Waals surface area contributed by atoms with Crippen LogP contribution in [0.2, 0.25) is 0 Å². The van der Waals surface area contributed by atoms with Crippen molar-refractivity contribution in [2.24, 2.45) is 10.7 Å². The first-order chi connectivity index (χ1) is 5.98. The molecule has 5 N–H and O–H groups in total. The third-order valence-electron chi connectivity index (χ3n) is 1.20. The first kappa shape index (κ1) is 12.3.